The quantitative estimate of drug-likeness (QED) is 0.821. The second-order valence-corrected chi connectivity index (χ2v) is 3.94. The lowest BCUT2D eigenvalue weighted by Gasteiger charge is -2.10. The first-order valence-electron chi connectivity index (χ1n) is 4.34. The summed E-state index contributed by atoms with van der Waals surface area (Å²) in [5.74, 6) is -0.118. The SMILES string of the molecule is COCC(=O)NC(C)c1nc(C)cs1. The molecular formula is C9H14N2O2S. The number of ether oxygens (including phenoxy) is 1. The first-order chi connectivity index (χ1) is 6.63. The van der Waals surface area contributed by atoms with Gasteiger partial charge in [0, 0.05) is 18.2 Å². The van der Waals surface area contributed by atoms with Gasteiger partial charge in [0.2, 0.25) is 5.91 Å². The Hall–Kier alpha value is -0.940. The van der Waals surface area contributed by atoms with E-state index < -0.39 is 0 Å². The number of carbonyl (C=O) groups is 1. The van der Waals surface area contributed by atoms with Crippen LogP contribution in [-0.4, -0.2) is 24.6 Å². The highest BCUT2D eigenvalue weighted by Crippen LogP contribution is 2.16. The minimum atomic E-state index is -0.118. The lowest BCUT2D eigenvalue weighted by Crippen LogP contribution is -2.29. The monoisotopic (exact) mass is 214 g/mol. The number of methoxy groups -OCH3 is 1. The largest absolute Gasteiger partial charge is 0.375 e. The predicted molar refractivity (Wildman–Crippen MR) is 55.3 cm³/mol. The molecule has 0 saturated heterocycles. The first-order valence-corrected chi connectivity index (χ1v) is 5.21. The Morgan fingerprint density at radius 2 is 2.50 bits per heavy atom. The number of aryl methyl sites for hydroxylation is 1. The molecule has 1 N–H and O–H groups in total. The normalized spacial score (nSPS) is 12.5. The Labute approximate surface area is 87.3 Å². The standard InChI is InChI=1S/C9H14N2O2S/c1-6-5-14-9(10-6)7(2)11-8(12)4-13-3/h5,7H,4H2,1-3H3,(H,11,12). The van der Waals surface area contributed by atoms with Gasteiger partial charge in [0.15, 0.2) is 0 Å². The fourth-order valence-electron chi connectivity index (χ4n) is 1.05. The number of rotatable bonds is 4. The van der Waals surface area contributed by atoms with Gasteiger partial charge in [0.1, 0.15) is 11.6 Å². The van der Waals surface area contributed by atoms with Gasteiger partial charge in [0.25, 0.3) is 0 Å². The van der Waals surface area contributed by atoms with E-state index in [1.54, 1.807) is 11.3 Å². The van der Waals surface area contributed by atoms with Crippen LogP contribution >= 0.6 is 11.3 Å². The van der Waals surface area contributed by atoms with E-state index in [-0.39, 0.29) is 18.6 Å². The minimum absolute atomic E-state index is 0.0450. The molecule has 0 aromatic carbocycles. The highest BCUT2D eigenvalue weighted by atomic mass is 32.1. The highest BCUT2D eigenvalue weighted by Gasteiger charge is 2.11. The van der Waals surface area contributed by atoms with Crippen molar-refractivity contribution in [2.45, 2.75) is 19.9 Å². The van der Waals surface area contributed by atoms with Crippen molar-refractivity contribution in [2.24, 2.45) is 0 Å². The predicted octanol–water partition coefficient (Wildman–Crippen LogP) is 1.28. The Morgan fingerprint density at radius 3 is 3.00 bits per heavy atom. The molecule has 1 aromatic rings. The lowest BCUT2D eigenvalue weighted by atomic mass is 10.3. The zero-order valence-electron chi connectivity index (χ0n) is 8.53. The van der Waals surface area contributed by atoms with E-state index in [1.807, 2.05) is 19.2 Å². The molecule has 0 aliphatic heterocycles. The van der Waals surface area contributed by atoms with Crippen LogP contribution in [0.5, 0.6) is 0 Å². The van der Waals surface area contributed by atoms with Crippen LogP contribution in [0.3, 0.4) is 0 Å². The third-order valence-electron chi connectivity index (χ3n) is 1.66. The number of nitrogens with zero attached hydrogens (tertiary/aromatic N) is 1. The number of carbonyl (C=O) groups excluding carboxylic acids is 1. The molecule has 1 rings (SSSR count). The van der Waals surface area contributed by atoms with E-state index in [4.69, 9.17) is 4.74 Å². The van der Waals surface area contributed by atoms with Crippen LogP contribution in [0, 0.1) is 6.92 Å². The Kier molecular flexibility index (Phi) is 4.03. The van der Waals surface area contributed by atoms with Gasteiger partial charge < -0.3 is 10.1 Å². The van der Waals surface area contributed by atoms with Crippen molar-refractivity contribution in [3.8, 4) is 0 Å². The molecule has 1 atom stereocenters. The summed E-state index contributed by atoms with van der Waals surface area (Å²) in [7, 11) is 1.50. The number of hydrogen-bond donors (Lipinski definition) is 1. The number of hydrogen-bond acceptors (Lipinski definition) is 4. The van der Waals surface area contributed by atoms with E-state index >= 15 is 0 Å². The molecule has 0 bridgehead atoms. The number of nitrogens with one attached hydrogen (secondary N) is 1. The molecule has 0 spiro atoms. The Bertz CT molecular complexity index is 312. The Balaban J connectivity index is 2.50. The van der Waals surface area contributed by atoms with Crippen molar-refractivity contribution >= 4 is 17.2 Å². The zero-order chi connectivity index (χ0) is 10.6. The molecule has 5 heteroatoms. The maximum atomic E-state index is 11.2. The van der Waals surface area contributed by atoms with Crippen molar-refractivity contribution < 1.29 is 9.53 Å². The van der Waals surface area contributed by atoms with Crippen molar-refractivity contribution in [3.63, 3.8) is 0 Å². The minimum Gasteiger partial charge on any atom is -0.375 e. The number of amides is 1. The highest BCUT2D eigenvalue weighted by molar-refractivity contribution is 7.09. The summed E-state index contributed by atoms with van der Waals surface area (Å²) in [4.78, 5) is 15.5. The summed E-state index contributed by atoms with van der Waals surface area (Å²) in [6.45, 7) is 3.93. The molecule has 4 nitrogen and oxygen atoms in total. The van der Waals surface area contributed by atoms with E-state index in [0.717, 1.165) is 10.7 Å². The van der Waals surface area contributed by atoms with Crippen LogP contribution in [0.2, 0.25) is 0 Å². The first kappa shape index (κ1) is 11.1. The molecule has 1 unspecified atom stereocenters. The van der Waals surface area contributed by atoms with Gasteiger partial charge in [-0.15, -0.1) is 11.3 Å². The summed E-state index contributed by atoms with van der Waals surface area (Å²) in [6.07, 6.45) is 0. The molecule has 78 valence electrons. The van der Waals surface area contributed by atoms with E-state index in [0.29, 0.717) is 0 Å². The summed E-state index contributed by atoms with van der Waals surface area (Å²) in [5, 5.41) is 5.68. The van der Waals surface area contributed by atoms with E-state index in [1.165, 1.54) is 7.11 Å². The van der Waals surface area contributed by atoms with Crippen LogP contribution < -0.4 is 5.32 Å². The fourth-order valence-corrected chi connectivity index (χ4v) is 1.85. The smallest absolute Gasteiger partial charge is 0.246 e. The van der Waals surface area contributed by atoms with Crippen molar-refractivity contribution in [1.29, 1.82) is 0 Å². The summed E-state index contributed by atoms with van der Waals surface area (Å²) >= 11 is 1.55. The molecule has 1 aromatic heterocycles. The third kappa shape index (κ3) is 3.08. The zero-order valence-corrected chi connectivity index (χ0v) is 9.35. The molecule has 0 aliphatic carbocycles. The molecule has 0 radical (unpaired) electrons. The van der Waals surface area contributed by atoms with Gasteiger partial charge in [-0.25, -0.2) is 4.98 Å². The summed E-state index contributed by atoms with van der Waals surface area (Å²) in [5.41, 5.74) is 0.984. The van der Waals surface area contributed by atoms with Crippen LogP contribution in [0.15, 0.2) is 5.38 Å². The average molecular weight is 214 g/mol. The third-order valence-corrected chi connectivity index (χ3v) is 2.81. The van der Waals surface area contributed by atoms with Crippen LogP contribution in [-0.2, 0) is 9.53 Å². The molecule has 14 heavy (non-hydrogen) atoms. The molecular weight excluding hydrogens is 200 g/mol. The summed E-state index contributed by atoms with van der Waals surface area (Å²) < 4.78 is 4.72. The number of aromatic nitrogens is 1. The van der Waals surface area contributed by atoms with Gasteiger partial charge in [-0.1, -0.05) is 0 Å². The second-order valence-electron chi connectivity index (χ2n) is 3.05. The second kappa shape index (κ2) is 5.07. The lowest BCUT2D eigenvalue weighted by molar-refractivity contribution is -0.125. The average Bonchev–Trinajstić information content (AvgIpc) is 2.52. The van der Waals surface area contributed by atoms with E-state index in [2.05, 4.69) is 10.3 Å². The molecule has 1 heterocycles. The maximum absolute atomic E-state index is 11.2. The summed E-state index contributed by atoms with van der Waals surface area (Å²) in [6, 6.07) is -0.0450. The van der Waals surface area contributed by atoms with Gasteiger partial charge in [-0.2, -0.15) is 0 Å². The topological polar surface area (TPSA) is 51.2 Å². The van der Waals surface area contributed by atoms with E-state index in [9.17, 15) is 4.79 Å². The van der Waals surface area contributed by atoms with Crippen molar-refractivity contribution in [3.05, 3.63) is 16.1 Å². The molecule has 0 aliphatic rings. The van der Waals surface area contributed by atoms with Gasteiger partial charge in [0.05, 0.1) is 6.04 Å². The van der Waals surface area contributed by atoms with Crippen molar-refractivity contribution in [2.75, 3.05) is 13.7 Å². The van der Waals surface area contributed by atoms with Gasteiger partial charge in [-0.05, 0) is 13.8 Å². The van der Waals surface area contributed by atoms with Crippen molar-refractivity contribution in [1.82, 2.24) is 10.3 Å². The fraction of sp³-hybridized carbons (Fsp3) is 0.556. The van der Waals surface area contributed by atoms with Crippen LogP contribution in [0.4, 0.5) is 0 Å². The van der Waals surface area contributed by atoms with Crippen LogP contribution in [0.25, 0.3) is 0 Å². The Morgan fingerprint density at radius 1 is 1.79 bits per heavy atom. The molecule has 0 saturated carbocycles. The maximum Gasteiger partial charge on any atom is 0.246 e. The number of thiazole rings is 1. The van der Waals surface area contributed by atoms with Gasteiger partial charge in [-0.3, -0.25) is 4.79 Å². The molecule has 1 amide bonds. The van der Waals surface area contributed by atoms with Crippen LogP contribution in [0.1, 0.15) is 23.7 Å². The molecule has 0 fully saturated rings. The van der Waals surface area contributed by atoms with Gasteiger partial charge >= 0.3 is 0 Å².